The molecule has 0 aromatic rings. The molecule has 1 fully saturated rings. The predicted molar refractivity (Wildman–Crippen MR) is 66.0 cm³/mol. The first kappa shape index (κ1) is 13.6. The lowest BCUT2D eigenvalue weighted by molar-refractivity contribution is -0.134. The van der Waals surface area contributed by atoms with E-state index in [0.717, 1.165) is 6.42 Å². The second-order valence-corrected chi connectivity index (χ2v) is 4.37. The Kier molecular flexibility index (Phi) is 5.02. The van der Waals surface area contributed by atoms with E-state index in [1.807, 2.05) is 13.8 Å². The lowest BCUT2D eigenvalue weighted by Crippen LogP contribution is -2.48. The molecule has 2 amide bonds. The Hall–Kier alpha value is -1.50. The molecule has 1 N–H and O–H groups in total. The molecule has 0 aromatic heterocycles. The van der Waals surface area contributed by atoms with Crippen LogP contribution in [-0.2, 0) is 9.59 Å². The molecular formula is C13H20N2O2. The van der Waals surface area contributed by atoms with Gasteiger partial charge in [-0.1, -0.05) is 26.2 Å². The maximum atomic E-state index is 12.2. The van der Waals surface area contributed by atoms with Gasteiger partial charge < -0.3 is 10.2 Å². The second kappa shape index (κ2) is 6.29. The van der Waals surface area contributed by atoms with Crippen LogP contribution in [0.25, 0.3) is 0 Å². The third-order valence-corrected chi connectivity index (χ3v) is 3.16. The zero-order valence-electron chi connectivity index (χ0n) is 10.7. The summed E-state index contributed by atoms with van der Waals surface area (Å²) in [7, 11) is 0. The van der Waals surface area contributed by atoms with Crippen molar-refractivity contribution in [3.05, 3.63) is 0 Å². The zero-order chi connectivity index (χ0) is 12.8. The molecule has 0 bridgehead atoms. The fraction of sp³-hybridized carbons (Fsp3) is 0.692. The van der Waals surface area contributed by atoms with E-state index in [0.29, 0.717) is 19.5 Å². The van der Waals surface area contributed by atoms with Gasteiger partial charge >= 0.3 is 0 Å². The molecule has 1 rings (SSSR count). The number of carbonyl (C=O) groups excluding carboxylic acids is 2. The maximum Gasteiger partial charge on any atom is 0.246 e. The van der Waals surface area contributed by atoms with Gasteiger partial charge in [0.15, 0.2) is 0 Å². The van der Waals surface area contributed by atoms with E-state index >= 15 is 0 Å². The van der Waals surface area contributed by atoms with Crippen molar-refractivity contribution in [2.24, 2.45) is 5.92 Å². The molecule has 4 heteroatoms. The number of hydrogen-bond acceptors (Lipinski definition) is 2. The van der Waals surface area contributed by atoms with Crippen molar-refractivity contribution >= 4 is 11.8 Å². The first-order valence-corrected chi connectivity index (χ1v) is 6.07. The number of nitrogens with one attached hydrogen (secondary N) is 1. The molecule has 1 saturated heterocycles. The second-order valence-electron chi connectivity index (χ2n) is 4.37. The fourth-order valence-corrected chi connectivity index (χ4v) is 1.80. The number of carbonyl (C=O) groups is 2. The van der Waals surface area contributed by atoms with Crippen molar-refractivity contribution in [1.29, 1.82) is 0 Å². The molecule has 4 nitrogen and oxygen atoms in total. The summed E-state index contributed by atoms with van der Waals surface area (Å²) < 4.78 is 0. The quantitative estimate of drug-likeness (QED) is 0.736. The van der Waals surface area contributed by atoms with Crippen LogP contribution < -0.4 is 5.32 Å². The number of rotatable bonds is 3. The van der Waals surface area contributed by atoms with Gasteiger partial charge in [-0.3, -0.25) is 9.59 Å². The Labute approximate surface area is 103 Å². The van der Waals surface area contributed by atoms with Crippen LogP contribution >= 0.6 is 0 Å². The number of amides is 2. The van der Waals surface area contributed by atoms with Gasteiger partial charge in [0, 0.05) is 13.0 Å². The molecule has 1 aliphatic rings. The summed E-state index contributed by atoms with van der Waals surface area (Å²) in [5.41, 5.74) is 0. The highest BCUT2D eigenvalue weighted by molar-refractivity contribution is 5.90. The summed E-state index contributed by atoms with van der Waals surface area (Å²) in [6.45, 7) is 6.63. The molecule has 1 heterocycles. The molecule has 94 valence electrons. The van der Waals surface area contributed by atoms with E-state index in [-0.39, 0.29) is 17.7 Å². The van der Waals surface area contributed by atoms with Gasteiger partial charge in [0.05, 0.1) is 6.54 Å². The Bertz CT molecular complexity index is 354. The minimum absolute atomic E-state index is 0.00653. The average Bonchev–Trinajstić information content (AvgIpc) is 2.47. The van der Waals surface area contributed by atoms with Gasteiger partial charge in [0.2, 0.25) is 11.8 Å². The van der Waals surface area contributed by atoms with Crippen LogP contribution in [0.2, 0.25) is 0 Å². The van der Waals surface area contributed by atoms with Crippen LogP contribution in [0.5, 0.6) is 0 Å². The molecule has 0 radical (unpaired) electrons. The van der Waals surface area contributed by atoms with E-state index < -0.39 is 6.04 Å². The van der Waals surface area contributed by atoms with Crippen LogP contribution in [0, 0.1) is 17.8 Å². The highest BCUT2D eigenvalue weighted by atomic mass is 16.2. The summed E-state index contributed by atoms with van der Waals surface area (Å²) in [6, 6.07) is -0.395. The van der Waals surface area contributed by atoms with Gasteiger partial charge in [-0.25, -0.2) is 0 Å². The third kappa shape index (κ3) is 3.48. The third-order valence-electron chi connectivity index (χ3n) is 3.16. The van der Waals surface area contributed by atoms with Gasteiger partial charge in [-0.05, 0) is 12.8 Å². The van der Waals surface area contributed by atoms with Crippen molar-refractivity contribution in [1.82, 2.24) is 10.2 Å². The first-order chi connectivity index (χ1) is 8.10. The molecular weight excluding hydrogens is 216 g/mol. The molecule has 0 saturated carbocycles. The van der Waals surface area contributed by atoms with Crippen LogP contribution in [0.15, 0.2) is 0 Å². The Balaban J connectivity index is 2.83. The molecule has 0 aromatic carbocycles. The molecule has 1 aliphatic heterocycles. The number of hydrogen-bond donors (Lipinski definition) is 1. The maximum absolute atomic E-state index is 12.2. The molecule has 0 spiro atoms. The van der Waals surface area contributed by atoms with Crippen molar-refractivity contribution < 1.29 is 9.59 Å². The van der Waals surface area contributed by atoms with E-state index in [1.54, 1.807) is 11.8 Å². The average molecular weight is 236 g/mol. The highest BCUT2D eigenvalue weighted by Gasteiger charge is 2.32. The monoisotopic (exact) mass is 236 g/mol. The topological polar surface area (TPSA) is 49.4 Å². The summed E-state index contributed by atoms with van der Waals surface area (Å²) in [5, 5.41) is 2.81. The lowest BCUT2D eigenvalue weighted by Gasteiger charge is -2.25. The molecule has 2 atom stereocenters. The largest absolute Gasteiger partial charge is 0.344 e. The minimum atomic E-state index is -0.395. The summed E-state index contributed by atoms with van der Waals surface area (Å²) in [5.74, 6) is 5.76. The van der Waals surface area contributed by atoms with E-state index in [1.165, 1.54) is 0 Å². The smallest absolute Gasteiger partial charge is 0.246 e. The minimum Gasteiger partial charge on any atom is -0.344 e. The fourth-order valence-electron chi connectivity index (χ4n) is 1.80. The Morgan fingerprint density at radius 2 is 2.24 bits per heavy atom. The Morgan fingerprint density at radius 3 is 2.82 bits per heavy atom. The summed E-state index contributed by atoms with van der Waals surface area (Å²) >= 11 is 0. The van der Waals surface area contributed by atoms with Crippen LogP contribution in [0.1, 0.15) is 33.6 Å². The van der Waals surface area contributed by atoms with Gasteiger partial charge in [-0.15, -0.1) is 5.92 Å². The number of nitrogens with zero attached hydrogens (tertiary/aromatic N) is 1. The van der Waals surface area contributed by atoms with Crippen LogP contribution in [0.4, 0.5) is 0 Å². The SMILES string of the molecule is CC#CCN1CCC(=O)NC(C(C)CC)C1=O. The van der Waals surface area contributed by atoms with Crippen molar-refractivity contribution in [3.63, 3.8) is 0 Å². The van der Waals surface area contributed by atoms with Crippen molar-refractivity contribution in [2.45, 2.75) is 39.7 Å². The van der Waals surface area contributed by atoms with Crippen molar-refractivity contribution in [3.8, 4) is 11.8 Å². The van der Waals surface area contributed by atoms with Crippen LogP contribution in [0.3, 0.4) is 0 Å². The highest BCUT2D eigenvalue weighted by Crippen LogP contribution is 2.13. The van der Waals surface area contributed by atoms with Gasteiger partial charge in [0.1, 0.15) is 6.04 Å². The molecule has 0 aliphatic carbocycles. The van der Waals surface area contributed by atoms with Crippen LogP contribution in [-0.4, -0.2) is 35.8 Å². The van der Waals surface area contributed by atoms with Crippen molar-refractivity contribution in [2.75, 3.05) is 13.1 Å². The van der Waals surface area contributed by atoms with E-state index in [4.69, 9.17) is 0 Å². The van der Waals surface area contributed by atoms with E-state index in [2.05, 4.69) is 17.2 Å². The Morgan fingerprint density at radius 1 is 1.53 bits per heavy atom. The van der Waals surface area contributed by atoms with Gasteiger partial charge in [0.25, 0.3) is 0 Å². The molecule has 2 unspecified atom stereocenters. The van der Waals surface area contributed by atoms with Gasteiger partial charge in [-0.2, -0.15) is 0 Å². The summed E-state index contributed by atoms with van der Waals surface area (Å²) in [6.07, 6.45) is 1.23. The summed E-state index contributed by atoms with van der Waals surface area (Å²) in [4.78, 5) is 25.5. The standard InChI is InChI=1S/C13H20N2O2/c1-4-6-8-15-9-7-11(16)14-12(13(15)17)10(3)5-2/h10,12H,5,7-9H2,1-3H3,(H,14,16). The van der Waals surface area contributed by atoms with E-state index in [9.17, 15) is 9.59 Å². The lowest BCUT2D eigenvalue weighted by atomic mass is 9.98. The molecule has 17 heavy (non-hydrogen) atoms. The first-order valence-electron chi connectivity index (χ1n) is 6.07. The predicted octanol–water partition coefficient (Wildman–Crippen LogP) is 0.773. The normalized spacial score (nSPS) is 22.3. The zero-order valence-corrected chi connectivity index (χ0v) is 10.7.